The second-order valence-corrected chi connectivity index (χ2v) is 0. The van der Waals surface area contributed by atoms with Gasteiger partial charge in [-0.3, -0.25) is 0 Å². The summed E-state index contributed by atoms with van der Waals surface area (Å²) in [5.41, 5.74) is 0. The van der Waals surface area contributed by atoms with Gasteiger partial charge in [0.15, 0.2) is 0 Å². The monoisotopic (exact) mass is 405 g/mol. The van der Waals surface area contributed by atoms with Gasteiger partial charge in [-0.1, -0.05) is 0 Å². The van der Waals surface area contributed by atoms with Crippen LogP contribution in [-0.4, -0.2) is 29.1 Å². The molecule has 0 aliphatic rings. The zero-order valence-corrected chi connectivity index (χ0v) is 9.09. The molecular formula is CuGaIrSe. The summed E-state index contributed by atoms with van der Waals surface area (Å²) in [6.07, 6.45) is 0. The Bertz CT molecular complexity index is 8.00. The molecule has 0 N–H and O–H groups in total. The summed E-state index contributed by atoms with van der Waals surface area (Å²) >= 11 is 4.25. The van der Waals surface area contributed by atoms with Crippen molar-refractivity contribution < 1.29 is 37.2 Å². The molecule has 0 bridgehead atoms. The third-order valence-electron chi connectivity index (χ3n) is 0. The van der Waals surface area contributed by atoms with Gasteiger partial charge in [0.2, 0.25) is 0 Å². The van der Waals surface area contributed by atoms with E-state index in [1.54, 1.807) is 16.0 Å². The van der Waals surface area contributed by atoms with E-state index in [1.807, 2.05) is 0 Å². The molecule has 0 unspecified atom stereocenters. The van der Waals surface area contributed by atoms with Crippen molar-refractivity contribution in [1.82, 2.24) is 0 Å². The molecule has 0 amide bonds. The number of hydrogen-bond acceptors (Lipinski definition) is 0. The normalized spacial score (nSPS) is 0.750. The summed E-state index contributed by atoms with van der Waals surface area (Å²) in [7, 11) is 0. The Labute approximate surface area is 65.5 Å². The fourth-order valence-electron chi connectivity index (χ4n) is 0. The summed E-state index contributed by atoms with van der Waals surface area (Å²) in [4.78, 5) is 0. The van der Waals surface area contributed by atoms with Gasteiger partial charge in [0.05, 0.1) is 0 Å². The first kappa shape index (κ1) is 16.2. The van der Waals surface area contributed by atoms with Crippen molar-refractivity contribution in [1.29, 1.82) is 0 Å². The smallest absolute Gasteiger partial charge is 0 e. The molecule has 0 spiro atoms. The predicted molar refractivity (Wildman–Crippen MR) is 11.5 cm³/mol. The average molecular weight is 404 g/mol. The Hall–Kier alpha value is 2.32. The van der Waals surface area contributed by atoms with Crippen LogP contribution in [0.2, 0.25) is 0 Å². The Morgan fingerprint density at radius 3 is 1.25 bits per heavy atom. The predicted octanol–water partition coefficient (Wildman–Crippen LogP) is -0.767. The molecule has 3 radical (unpaired) electrons. The molecule has 0 aromatic carbocycles. The van der Waals surface area contributed by atoms with Crippen LogP contribution in [0.25, 0.3) is 0 Å². The zero-order chi connectivity index (χ0) is 2.00. The number of hydrogen-bond donors (Lipinski definition) is 0. The fourth-order valence-corrected chi connectivity index (χ4v) is 0. The van der Waals surface area contributed by atoms with Crippen LogP contribution in [0.3, 0.4) is 0 Å². The van der Waals surface area contributed by atoms with Crippen LogP contribution < -0.4 is 0 Å². The summed E-state index contributed by atoms with van der Waals surface area (Å²) < 4.78 is 0. The van der Waals surface area contributed by atoms with E-state index in [9.17, 15) is 0 Å². The Morgan fingerprint density at radius 1 is 1.25 bits per heavy atom. The molecule has 0 saturated heterocycles. The minimum atomic E-state index is 0. The van der Waals surface area contributed by atoms with Crippen molar-refractivity contribution in [2.75, 3.05) is 0 Å². The van der Waals surface area contributed by atoms with E-state index in [0.717, 1.165) is 0 Å². The largest absolute Gasteiger partial charge is 0 e. The van der Waals surface area contributed by atoms with Crippen LogP contribution in [0.4, 0.5) is 0 Å². The van der Waals surface area contributed by atoms with Crippen LogP contribution in [-0.2, 0) is 37.2 Å². The van der Waals surface area contributed by atoms with Gasteiger partial charge in [0, 0.05) is 37.2 Å². The molecule has 4 heteroatoms. The van der Waals surface area contributed by atoms with E-state index in [0.29, 0.717) is 0 Å². The maximum Gasteiger partial charge on any atom is 0 e. The topological polar surface area (TPSA) is 0 Å². The van der Waals surface area contributed by atoms with Gasteiger partial charge in [-0.2, -0.15) is 0 Å². The van der Waals surface area contributed by atoms with Crippen LogP contribution in [0, 0.1) is 0 Å². The molecule has 0 heterocycles. The Morgan fingerprint density at radius 2 is 1.25 bits per heavy atom. The number of rotatable bonds is 0. The zero-order valence-electron chi connectivity index (χ0n) is 1.62. The second-order valence-electron chi connectivity index (χ2n) is 0. The van der Waals surface area contributed by atoms with Gasteiger partial charge >= 0.3 is 29.1 Å². The Kier molecular flexibility index (Phi) is 74.7. The molecule has 0 saturated carbocycles. The third-order valence-corrected chi connectivity index (χ3v) is 0. The molecule has 0 aromatic rings. The van der Waals surface area contributed by atoms with Crippen molar-refractivity contribution in [3.05, 3.63) is 0 Å². The minimum absolute atomic E-state index is 0. The van der Waals surface area contributed by atoms with Crippen LogP contribution >= 0.6 is 0 Å². The molecule has 4 heavy (non-hydrogen) atoms. The molecule has 0 aliphatic heterocycles. The summed E-state index contributed by atoms with van der Waals surface area (Å²) in [5, 5.41) is 0. The van der Waals surface area contributed by atoms with Gasteiger partial charge in [0.1, 0.15) is 0 Å². The summed E-state index contributed by atoms with van der Waals surface area (Å²) in [6.45, 7) is 0. The molecule has 0 fully saturated rings. The molecule has 29 valence electrons. The van der Waals surface area contributed by atoms with Crippen molar-refractivity contribution in [3.63, 3.8) is 0 Å². The van der Waals surface area contributed by atoms with E-state index < -0.39 is 0 Å². The van der Waals surface area contributed by atoms with Gasteiger partial charge in [-0.15, -0.1) is 0 Å². The van der Waals surface area contributed by atoms with Gasteiger partial charge in [-0.25, -0.2) is 0 Å². The summed E-state index contributed by atoms with van der Waals surface area (Å²) in [5.74, 6) is 0. The van der Waals surface area contributed by atoms with E-state index in [-0.39, 0.29) is 37.2 Å². The maximum absolute atomic E-state index is 2.69. The summed E-state index contributed by atoms with van der Waals surface area (Å²) in [6, 6.07) is 0. The first-order valence-electron chi connectivity index (χ1n) is 0.236. The van der Waals surface area contributed by atoms with Crippen molar-refractivity contribution >= 4 is 29.1 Å². The molecular weight excluding hydrogens is 404 g/mol. The maximum atomic E-state index is 2.69. The molecule has 0 rings (SSSR count). The first-order valence-corrected chi connectivity index (χ1v) is 6.36. The Balaban J connectivity index is -0.00000000500. The molecule has 0 atom stereocenters. The van der Waals surface area contributed by atoms with Crippen molar-refractivity contribution in [2.24, 2.45) is 0 Å². The van der Waals surface area contributed by atoms with Crippen LogP contribution in [0.1, 0.15) is 0 Å². The van der Waals surface area contributed by atoms with Gasteiger partial charge in [0.25, 0.3) is 0 Å². The van der Waals surface area contributed by atoms with Crippen molar-refractivity contribution in [3.8, 4) is 0 Å². The van der Waals surface area contributed by atoms with Crippen molar-refractivity contribution in [2.45, 2.75) is 0 Å². The SMILES string of the molecule is [Cu].[Ga]=[Se].[Ir]. The molecule has 0 aliphatic carbocycles. The van der Waals surface area contributed by atoms with Gasteiger partial charge in [-0.05, 0) is 0 Å². The third kappa shape index (κ3) is 8.85. The van der Waals surface area contributed by atoms with E-state index in [4.69, 9.17) is 0 Å². The second kappa shape index (κ2) is 18.4. The standard InChI is InChI=1S/Cu.Ga.Ir.Se. The van der Waals surface area contributed by atoms with Gasteiger partial charge < -0.3 is 0 Å². The van der Waals surface area contributed by atoms with E-state index >= 15 is 0 Å². The fraction of sp³-hybridized carbons (Fsp3) is 0. The van der Waals surface area contributed by atoms with E-state index in [1.165, 1.54) is 0 Å². The quantitative estimate of drug-likeness (QED) is 0.466. The molecule has 0 nitrogen and oxygen atoms in total. The minimum Gasteiger partial charge on any atom is 0 e. The van der Waals surface area contributed by atoms with Crippen LogP contribution in [0.5, 0.6) is 0 Å². The average Bonchev–Trinajstić information content (AvgIpc) is 1.00. The van der Waals surface area contributed by atoms with E-state index in [2.05, 4.69) is 13.1 Å². The molecule has 0 aromatic heterocycles. The first-order chi connectivity index (χ1) is 1.00. The van der Waals surface area contributed by atoms with Crippen LogP contribution in [0.15, 0.2) is 0 Å².